The lowest BCUT2D eigenvalue weighted by atomic mass is 10.1. The van der Waals surface area contributed by atoms with Crippen molar-refractivity contribution in [2.24, 2.45) is 0 Å². The molecule has 4 nitrogen and oxygen atoms in total. The van der Waals surface area contributed by atoms with Gasteiger partial charge >= 0.3 is 5.97 Å². The van der Waals surface area contributed by atoms with Crippen molar-refractivity contribution in [3.8, 4) is 0 Å². The summed E-state index contributed by atoms with van der Waals surface area (Å²) in [5.41, 5.74) is 3.74. The summed E-state index contributed by atoms with van der Waals surface area (Å²) in [5, 5.41) is 7.49. The van der Waals surface area contributed by atoms with Gasteiger partial charge in [0, 0.05) is 10.6 Å². The first kappa shape index (κ1) is 18.4. The van der Waals surface area contributed by atoms with E-state index in [0.29, 0.717) is 10.7 Å². The molecule has 0 saturated heterocycles. The second-order valence-corrected chi connectivity index (χ2v) is 6.95. The van der Waals surface area contributed by atoms with Crippen LogP contribution in [0.4, 0.5) is 10.7 Å². The van der Waals surface area contributed by atoms with E-state index in [0.717, 1.165) is 34.0 Å². The maximum Gasteiger partial charge on any atom is 0.341 e. The molecular formula is C18H22N2O2S2. The van der Waals surface area contributed by atoms with E-state index < -0.39 is 0 Å². The summed E-state index contributed by atoms with van der Waals surface area (Å²) in [7, 11) is 1.39. The monoisotopic (exact) mass is 362 g/mol. The zero-order chi connectivity index (χ0) is 17.7. The minimum absolute atomic E-state index is 0.338. The lowest BCUT2D eigenvalue weighted by Crippen LogP contribution is -2.20. The number of methoxy groups -OCH3 is 1. The molecule has 128 valence electrons. The number of nitrogens with one attached hydrogen (secondary N) is 2. The summed E-state index contributed by atoms with van der Waals surface area (Å²) in [5.74, 6) is -0.338. The largest absolute Gasteiger partial charge is 0.465 e. The molecule has 6 heteroatoms. The van der Waals surface area contributed by atoms with Gasteiger partial charge in [-0.1, -0.05) is 26.0 Å². The number of anilines is 2. The molecule has 1 aromatic heterocycles. The normalized spacial score (nSPS) is 10.3. The number of ether oxygens (including phenoxy) is 1. The van der Waals surface area contributed by atoms with Gasteiger partial charge in [0.1, 0.15) is 5.00 Å². The number of rotatable bonds is 5. The van der Waals surface area contributed by atoms with Gasteiger partial charge in [0.15, 0.2) is 5.11 Å². The average Bonchev–Trinajstić information content (AvgIpc) is 2.89. The molecule has 0 aliphatic rings. The second kappa shape index (κ2) is 8.26. The third-order valence-corrected chi connectivity index (χ3v) is 5.04. The first-order valence-electron chi connectivity index (χ1n) is 7.87. The van der Waals surface area contributed by atoms with Crippen LogP contribution in [0, 0.1) is 6.92 Å². The number of hydrogen-bond acceptors (Lipinski definition) is 4. The van der Waals surface area contributed by atoms with E-state index in [1.165, 1.54) is 24.0 Å². The van der Waals surface area contributed by atoms with Gasteiger partial charge in [0.05, 0.1) is 12.7 Å². The Balaban J connectivity index is 2.21. The van der Waals surface area contributed by atoms with Crippen LogP contribution in [-0.2, 0) is 17.6 Å². The number of aryl methyl sites for hydroxylation is 2. The van der Waals surface area contributed by atoms with Crippen LogP contribution in [0.2, 0.25) is 0 Å². The summed E-state index contributed by atoms with van der Waals surface area (Å²) in [4.78, 5) is 13.2. The first-order valence-corrected chi connectivity index (χ1v) is 9.10. The number of thiocarbonyl (C=S) groups is 1. The second-order valence-electron chi connectivity index (χ2n) is 5.32. The predicted octanol–water partition coefficient (Wildman–Crippen LogP) is 4.78. The predicted molar refractivity (Wildman–Crippen MR) is 105 cm³/mol. The molecule has 0 aliphatic heterocycles. The van der Waals surface area contributed by atoms with E-state index in [2.05, 4.69) is 29.7 Å². The van der Waals surface area contributed by atoms with Gasteiger partial charge in [-0.3, -0.25) is 0 Å². The molecule has 0 radical (unpaired) electrons. The minimum atomic E-state index is -0.338. The SMILES string of the molecule is CCc1cccc(NC(=S)Nc2sc(C)c(CC)c2C(=O)OC)c1. The lowest BCUT2D eigenvalue weighted by Gasteiger charge is -2.11. The Morgan fingerprint density at radius 3 is 2.62 bits per heavy atom. The van der Waals surface area contributed by atoms with Gasteiger partial charge in [-0.05, 0) is 55.2 Å². The fourth-order valence-electron chi connectivity index (χ4n) is 2.54. The van der Waals surface area contributed by atoms with Crippen LogP contribution in [0.25, 0.3) is 0 Å². The van der Waals surface area contributed by atoms with E-state index in [-0.39, 0.29) is 5.97 Å². The van der Waals surface area contributed by atoms with Crippen molar-refractivity contribution in [2.75, 3.05) is 17.7 Å². The Hall–Kier alpha value is -1.92. The summed E-state index contributed by atoms with van der Waals surface area (Å²) >= 11 is 6.92. The van der Waals surface area contributed by atoms with Crippen LogP contribution in [0.5, 0.6) is 0 Å². The molecule has 0 saturated carbocycles. The van der Waals surface area contributed by atoms with Crippen molar-refractivity contribution in [2.45, 2.75) is 33.6 Å². The molecule has 0 unspecified atom stereocenters. The number of carbonyl (C=O) groups is 1. The highest BCUT2D eigenvalue weighted by Crippen LogP contribution is 2.34. The summed E-state index contributed by atoms with van der Waals surface area (Å²) in [6.07, 6.45) is 1.74. The zero-order valence-electron chi connectivity index (χ0n) is 14.4. The molecule has 0 bridgehead atoms. The number of hydrogen-bond donors (Lipinski definition) is 2. The van der Waals surface area contributed by atoms with E-state index >= 15 is 0 Å². The highest BCUT2D eigenvalue weighted by molar-refractivity contribution is 7.80. The van der Waals surface area contributed by atoms with Crippen molar-refractivity contribution in [1.82, 2.24) is 0 Å². The fourth-order valence-corrected chi connectivity index (χ4v) is 3.97. The third kappa shape index (κ3) is 4.13. The van der Waals surface area contributed by atoms with Crippen molar-refractivity contribution in [1.29, 1.82) is 0 Å². The van der Waals surface area contributed by atoms with Gasteiger partial charge < -0.3 is 15.4 Å². The molecule has 24 heavy (non-hydrogen) atoms. The summed E-state index contributed by atoms with van der Waals surface area (Å²) < 4.78 is 4.93. The Kier molecular flexibility index (Phi) is 6.34. The highest BCUT2D eigenvalue weighted by Gasteiger charge is 2.22. The molecule has 2 aromatic rings. The van der Waals surface area contributed by atoms with Crippen LogP contribution < -0.4 is 10.6 Å². The molecule has 2 N–H and O–H groups in total. The molecule has 1 aromatic carbocycles. The first-order chi connectivity index (χ1) is 11.5. The molecular weight excluding hydrogens is 340 g/mol. The van der Waals surface area contributed by atoms with Gasteiger partial charge in [0.25, 0.3) is 0 Å². The number of esters is 1. The lowest BCUT2D eigenvalue weighted by molar-refractivity contribution is 0.0601. The molecule has 0 aliphatic carbocycles. The van der Waals surface area contributed by atoms with Crippen molar-refractivity contribution >= 4 is 45.3 Å². The number of thiophene rings is 1. The quantitative estimate of drug-likeness (QED) is 0.592. The number of benzene rings is 1. The van der Waals surface area contributed by atoms with E-state index in [9.17, 15) is 4.79 Å². The fraction of sp³-hybridized carbons (Fsp3) is 0.333. The van der Waals surface area contributed by atoms with Gasteiger partial charge in [-0.2, -0.15) is 0 Å². The van der Waals surface area contributed by atoms with Crippen molar-refractivity contribution in [3.63, 3.8) is 0 Å². The molecule has 0 atom stereocenters. The standard InChI is InChI=1S/C18H22N2O2S2/c1-5-12-8-7-9-13(10-12)19-18(23)20-16-15(17(21)22-4)14(6-2)11(3)24-16/h7-10H,5-6H2,1-4H3,(H2,19,20,23). The molecule has 0 spiro atoms. The Morgan fingerprint density at radius 1 is 1.25 bits per heavy atom. The van der Waals surface area contributed by atoms with Crippen LogP contribution in [0.3, 0.4) is 0 Å². The van der Waals surface area contributed by atoms with Crippen molar-refractivity contribution < 1.29 is 9.53 Å². The van der Waals surface area contributed by atoms with Crippen LogP contribution in [0.15, 0.2) is 24.3 Å². The smallest absolute Gasteiger partial charge is 0.341 e. The Bertz CT molecular complexity index is 753. The van der Waals surface area contributed by atoms with E-state index in [1.807, 2.05) is 26.0 Å². The summed E-state index contributed by atoms with van der Waals surface area (Å²) in [6.45, 7) is 6.14. The van der Waals surface area contributed by atoms with Crippen LogP contribution >= 0.6 is 23.6 Å². The van der Waals surface area contributed by atoms with Gasteiger partial charge in [-0.15, -0.1) is 11.3 Å². The average molecular weight is 363 g/mol. The topological polar surface area (TPSA) is 50.4 Å². The maximum absolute atomic E-state index is 12.1. The number of carbonyl (C=O) groups excluding carboxylic acids is 1. The van der Waals surface area contributed by atoms with E-state index in [4.69, 9.17) is 17.0 Å². The molecule has 2 rings (SSSR count). The Labute approximate surface area is 152 Å². The maximum atomic E-state index is 12.1. The summed E-state index contributed by atoms with van der Waals surface area (Å²) in [6, 6.07) is 8.10. The Morgan fingerprint density at radius 2 is 2.00 bits per heavy atom. The minimum Gasteiger partial charge on any atom is -0.465 e. The van der Waals surface area contributed by atoms with Gasteiger partial charge in [0.2, 0.25) is 0 Å². The van der Waals surface area contributed by atoms with E-state index in [1.54, 1.807) is 0 Å². The van der Waals surface area contributed by atoms with Crippen LogP contribution in [-0.4, -0.2) is 18.2 Å². The van der Waals surface area contributed by atoms with Gasteiger partial charge in [-0.25, -0.2) is 4.79 Å². The third-order valence-electron chi connectivity index (χ3n) is 3.77. The zero-order valence-corrected chi connectivity index (χ0v) is 16.0. The molecule has 0 amide bonds. The highest BCUT2D eigenvalue weighted by atomic mass is 32.1. The van der Waals surface area contributed by atoms with Crippen LogP contribution in [0.1, 0.15) is 40.2 Å². The molecule has 0 fully saturated rings. The van der Waals surface area contributed by atoms with Crippen molar-refractivity contribution in [3.05, 3.63) is 45.8 Å². The molecule has 1 heterocycles.